The normalized spacial score (nSPS) is 37.5. The molecule has 3 saturated heterocycles. The van der Waals surface area contributed by atoms with Gasteiger partial charge in [-0.2, -0.15) is 0 Å². The van der Waals surface area contributed by atoms with Crippen molar-refractivity contribution in [1.29, 1.82) is 0 Å². The van der Waals surface area contributed by atoms with Crippen molar-refractivity contribution in [2.45, 2.75) is 62.5 Å². The van der Waals surface area contributed by atoms with Crippen LogP contribution >= 0.6 is 11.8 Å². The number of rotatable bonds is 8. The van der Waals surface area contributed by atoms with Gasteiger partial charge in [0.25, 0.3) is 0 Å². The summed E-state index contributed by atoms with van der Waals surface area (Å²) < 4.78 is 0. The van der Waals surface area contributed by atoms with Crippen molar-refractivity contribution in [3.8, 4) is 0 Å². The maximum absolute atomic E-state index is 13.3. The van der Waals surface area contributed by atoms with Crippen LogP contribution in [0.5, 0.6) is 0 Å². The van der Waals surface area contributed by atoms with Gasteiger partial charge in [0, 0.05) is 47.8 Å². The Morgan fingerprint density at radius 2 is 1.92 bits per heavy atom. The number of β-lactam (4-membered cyclic amide) rings is 1. The highest BCUT2D eigenvalue weighted by atomic mass is 32.2. The maximum atomic E-state index is 13.3. The molecular formula is C25H38N6O5S. The summed E-state index contributed by atoms with van der Waals surface area (Å²) in [5.41, 5.74) is 6.36. The number of aliphatic carboxylic acids is 1. The molecule has 4 heterocycles. The van der Waals surface area contributed by atoms with Crippen molar-refractivity contribution in [2.24, 2.45) is 29.4 Å². The molecule has 3 amide bonds. The summed E-state index contributed by atoms with van der Waals surface area (Å²) in [5.74, 6) is -1.34. The first-order valence-corrected chi connectivity index (χ1v) is 14.2. The standard InChI is InChI=1S/C25H38N6O5S/c1-11-20-18(12(2)29-17(32)8-27-3)24(34)31(20)21(25(35)36)22(11)37-15-6-16(28-7-15)23(33)30-9-13-4-5-14(10-30)19(13)26/h11-16,18-20,27-28H,4-10,26H2,1-3H3,(H,29,32)(H,35,36)/t11-,12-,13-,14+,15+,16+,18-,19?,20-/m1/s1. The number of nitrogens with two attached hydrogens (primary N) is 1. The highest BCUT2D eigenvalue weighted by molar-refractivity contribution is 8.03. The molecule has 37 heavy (non-hydrogen) atoms. The molecule has 1 unspecified atom stereocenters. The second kappa shape index (κ2) is 10.2. The number of hydrogen-bond acceptors (Lipinski definition) is 8. The van der Waals surface area contributed by atoms with Gasteiger partial charge in [-0.25, -0.2) is 4.79 Å². The lowest BCUT2D eigenvalue weighted by atomic mass is 9.78. The number of hydrogen-bond donors (Lipinski definition) is 5. The van der Waals surface area contributed by atoms with Crippen LogP contribution in [0.2, 0.25) is 0 Å². The third-order valence-corrected chi connectivity index (χ3v) is 10.5. The third-order valence-electron chi connectivity index (χ3n) is 8.96. The molecule has 4 fully saturated rings. The van der Waals surface area contributed by atoms with E-state index in [0.29, 0.717) is 29.7 Å². The molecule has 0 spiro atoms. The van der Waals surface area contributed by atoms with Crippen LogP contribution in [-0.4, -0.2) is 101 Å². The molecule has 0 aromatic rings. The lowest BCUT2D eigenvalue weighted by molar-refractivity contribution is -0.158. The predicted octanol–water partition coefficient (Wildman–Crippen LogP) is -0.857. The van der Waals surface area contributed by atoms with Gasteiger partial charge in [-0.05, 0) is 45.1 Å². The number of thioether (sulfide) groups is 1. The van der Waals surface area contributed by atoms with Gasteiger partial charge in [0.05, 0.1) is 24.5 Å². The van der Waals surface area contributed by atoms with Gasteiger partial charge in [0.15, 0.2) is 0 Å². The lowest BCUT2D eigenvalue weighted by Gasteiger charge is -2.47. The van der Waals surface area contributed by atoms with Gasteiger partial charge in [-0.15, -0.1) is 11.8 Å². The number of carboxylic acid groups (broad SMARTS) is 1. The largest absolute Gasteiger partial charge is 0.477 e. The number of nitrogens with zero attached hydrogens (tertiary/aromatic N) is 2. The summed E-state index contributed by atoms with van der Waals surface area (Å²) in [6.07, 6.45) is 2.79. The Bertz CT molecular complexity index is 1010. The molecule has 5 aliphatic rings. The maximum Gasteiger partial charge on any atom is 0.353 e. The smallest absolute Gasteiger partial charge is 0.353 e. The van der Waals surface area contributed by atoms with E-state index in [4.69, 9.17) is 5.73 Å². The molecule has 1 saturated carbocycles. The Morgan fingerprint density at radius 3 is 2.54 bits per heavy atom. The van der Waals surface area contributed by atoms with Crippen molar-refractivity contribution < 1.29 is 24.3 Å². The van der Waals surface area contributed by atoms with E-state index in [-0.39, 0.29) is 59.3 Å². The Hall–Kier alpha value is -2.15. The summed E-state index contributed by atoms with van der Waals surface area (Å²) in [6.45, 7) is 5.94. The number of amides is 3. The van der Waals surface area contributed by atoms with E-state index in [0.717, 1.165) is 25.9 Å². The molecule has 9 atom stereocenters. The Balaban J connectivity index is 1.23. The van der Waals surface area contributed by atoms with E-state index in [9.17, 15) is 24.3 Å². The molecule has 5 rings (SSSR count). The molecule has 204 valence electrons. The fourth-order valence-electron chi connectivity index (χ4n) is 7.08. The molecule has 0 radical (unpaired) electrons. The number of likely N-dealkylation sites (tertiary alicyclic amines) is 1. The van der Waals surface area contributed by atoms with Crippen LogP contribution in [0.1, 0.15) is 33.1 Å². The van der Waals surface area contributed by atoms with Crippen molar-refractivity contribution in [3.63, 3.8) is 0 Å². The van der Waals surface area contributed by atoms with Crippen LogP contribution in [-0.2, 0) is 19.2 Å². The number of likely N-dealkylation sites (N-methyl/N-ethyl adjacent to an activating group) is 1. The van der Waals surface area contributed by atoms with Gasteiger partial charge in [0.2, 0.25) is 17.7 Å². The molecule has 0 aromatic carbocycles. The van der Waals surface area contributed by atoms with Gasteiger partial charge in [-0.1, -0.05) is 6.92 Å². The topological polar surface area (TPSA) is 157 Å². The quantitative estimate of drug-likeness (QED) is 0.250. The number of fused-ring (bicyclic) bond motifs is 3. The average molecular weight is 535 g/mol. The molecular weight excluding hydrogens is 496 g/mol. The molecule has 11 nitrogen and oxygen atoms in total. The SMILES string of the molecule is CNCC(=O)N[C@H](C)[C@H]1C(=O)N2C(C(=O)O)=C(S[C@@H]3CN[C@H](C(=O)N4C[C@H]5CC[C@@H](C4)C5N)C3)[C@H](C)[C@H]12. The zero-order valence-electron chi connectivity index (χ0n) is 21.6. The fourth-order valence-corrected chi connectivity index (χ4v) is 8.56. The number of nitrogens with one attached hydrogen (secondary N) is 3. The zero-order chi connectivity index (χ0) is 26.6. The molecule has 6 N–H and O–H groups in total. The first-order chi connectivity index (χ1) is 17.6. The zero-order valence-corrected chi connectivity index (χ0v) is 22.4. The number of piperidine rings is 1. The summed E-state index contributed by atoms with van der Waals surface area (Å²) in [5, 5.41) is 19.1. The van der Waals surface area contributed by atoms with Crippen molar-refractivity contribution in [3.05, 3.63) is 10.6 Å². The molecule has 0 aromatic heterocycles. The minimum absolute atomic E-state index is 0.0320. The van der Waals surface area contributed by atoms with E-state index >= 15 is 0 Å². The summed E-state index contributed by atoms with van der Waals surface area (Å²) in [6, 6.07) is -0.790. The van der Waals surface area contributed by atoms with Crippen LogP contribution in [0.25, 0.3) is 0 Å². The molecule has 12 heteroatoms. The second-order valence-corrected chi connectivity index (χ2v) is 12.6. The van der Waals surface area contributed by atoms with E-state index < -0.39 is 17.9 Å². The van der Waals surface area contributed by atoms with E-state index in [1.165, 1.54) is 16.7 Å². The van der Waals surface area contributed by atoms with Crippen molar-refractivity contribution in [2.75, 3.05) is 33.2 Å². The Morgan fingerprint density at radius 1 is 1.24 bits per heavy atom. The number of carbonyl (C=O) groups is 4. The van der Waals surface area contributed by atoms with E-state index in [1.807, 2.05) is 11.8 Å². The van der Waals surface area contributed by atoms with Gasteiger partial charge >= 0.3 is 5.97 Å². The van der Waals surface area contributed by atoms with Crippen molar-refractivity contribution >= 4 is 35.5 Å². The van der Waals surface area contributed by atoms with Crippen LogP contribution in [0.4, 0.5) is 0 Å². The minimum atomic E-state index is -1.12. The summed E-state index contributed by atoms with van der Waals surface area (Å²) in [4.78, 5) is 54.7. The van der Waals surface area contributed by atoms with E-state index in [2.05, 4.69) is 16.0 Å². The molecule has 2 bridgehead atoms. The highest BCUT2D eigenvalue weighted by Crippen LogP contribution is 2.52. The summed E-state index contributed by atoms with van der Waals surface area (Å²) in [7, 11) is 1.67. The monoisotopic (exact) mass is 534 g/mol. The van der Waals surface area contributed by atoms with Crippen LogP contribution in [0, 0.1) is 23.7 Å². The predicted molar refractivity (Wildman–Crippen MR) is 138 cm³/mol. The van der Waals surface area contributed by atoms with Gasteiger partial charge in [-0.3, -0.25) is 14.4 Å². The Kier molecular flexibility index (Phi) is 7.29. The summed E-state index contributed by atoms with van der Waals surface area (Å²) >= 11 is 1.48. The Labute approximate surface area is 221 Å². The van der Waals surface area contributed by atoms with Crippen LogP contribution in [0.15, 0.2) is 10.6 Å². The average Bonchev–Trinajstić information content (AvgIpc) is 3.44. The molecule has 4 aliphatic heterocycles. The lowest BCUT2D eigenvalue weighted by Crippen LogP contribution is -2.66. The van der Waals surface area contributed by atoms with Crippen molar-refractivity contribution in [1.82, 2.24) is 25.8 Å². The van der Waals surface area contributed by atoms with Gasteiger partial charge in [0.1, 0.15) is 5.70 Å². The van der Waals surface area contributed by atoms with Gasteiger partial charge < -0.3 is 36.6 Å². The first-order valence-electron chi connectivity index (χ1n) is 13.3. The number of carbonyl (C=O) groups excluding carboxylic acids is 3. The van der Waals surface area contributed by atoms with E-state index in [1.54, 1.807) is 14.0 Å². The highest BCUT2D eigenvalue weighted by Gasteiger charge is 2.60. The van der Waals surface area contributed by atoms with Crippen LogP contribution < -0.4 is 21.7 Å². The number of carboxylic acids is 1. The second-order valence-electron chi connectivity index (χ2n) is 11.3. The third kappa shape index (κ3) is 4.55. The van der Waals surface area contributed by atoms with Crippen LogP contribution in [0.3, 0.4) is 0 Å². The molecule has 1 aliphatic carbocycles. The fraction of sp³-hybridized carbons (Fsp3) is 0.760. The minimum Gasteiger partial charge on any atom is -0.477 e. The first kappa shape index (κ1) is 26.5.